The van der Waals surface area contributed by atoms with E-state index < -0.39 is 18.2 Å². The van der Waals surface area contributed by atoms with E-state index in [2.05, 4.69) is 35.0 Å². The molecule has 0 spiro atoms. The first-order valence-corrected chi connectivity index (χ1v) is 20.4. The number of benzene rings is 3. The first kappa shape index (κ1) is 38.0. The van der Waals surface area contributed by atoms with E-state index in [1.165, 1.54) is 20.3 Å². The second kappa shape index (κ2) is 15.3. The lowest BCUT2D eigenvalue weighted by Crippen LogP contribution is -2.47. The molecule has 58 heavy (non-hydrogen) atoms. The van der Waals surface area contributed by atoms with Gasteiger partial charge < -0.3 is 39.6 Å². The number of fused-ring (bicyclic) bond motifs is 9. The molecule has 2 fully saturated rings. The number of ether oxygens (including phenoxy) is 3. The summed E-state index contributed by atoms with van der Waals surface area (Å²) in [5.41, 5.74) is 7.30. The van der Waals surface area contributed by atoms with E-state index in [9.17, 15) is 30.0 Å². The van der Waals surface area contributed by atoms with E-state index in [0.717, 1.165) is 57.3 Å². The third-order valence-electron chi connectivity index (χ3n) is 13.6. The van der Waals surface area contributed by atoms with Gasteiger partial charge in [-0.15, -0.1) is 0 Å². The van der Waals surface area contributed by atoms with Crippen molar-refractivity contribution in [1.29, 1.82) is 0 Å². The van der Waals surface area contributed by atoms with Crippen LogP contribution < -0.4 is 9.47 Å². The second-order valence-electron chi connectivity index (χ2n) is 16.8. The number of aromatic hydroxyl groups is 2. The van der Waals surface area contributed by atoms with Crippen LogP contribution in [0.5, 0.6) is 23.0 Å². The van der Waals surface area contributed by atoms with Crippen molar-refractivity contribution >= 4 is 28.2 Å². The minimum atomic E-state index is -1.25. The van der Waals surface area contributed by atoms with Crippen LogP contribution in [0, 0.1) is 41.4 Å². The van der Waals surface area contributed by atoms with Crippen LogP contribution in [-0.2, 0) is 27.2 Å². The molecule has 9 rings (SSSR count). The van der Waals surface area contributed by atoms with Crippen LogP contribution in [0.15, 0.2) is 72.3 Å². The number of carbonyl (C=O) groups is 2. The SMILES string of the molecule is COc1cc(C[C@H](O)[C@@H]2CC(=O)C[C@H]3c4cc(OC)c(O)cc4C(=C4C=C[C@@H]5C[C@H]4[C@@H]3[C@@H]3CC[C@@H](O)C[C@H]35)c3[nH]c4ccccc4c3CC#CCC(=O)O2)ccc1O. The van der Waals surface area contributed by atoms with Crippen molar-refractivity contribution in [2.45, 2.75) is 82.0 Å². The molecule has 4 aliphatic carbocycles. The maximum Gasteiger partial charge on any atom is 0.318 e. The monoisotopic (exact) mass is 783 g/mol. The highest BCUT2D eigenvalue weighted by Crippen LogP contribution is 2.62. The van der Waals surface area contributed by atoms with Crippen LogP contribution in [0.4, 0.5) is 0 Å². The quantitative estimate of drug-likeness (QED) is 0.107. The zero-order chi connectivity index (χ0) is 40.2. The Morgan fingerprint density at radius 1 is 0.897 bits per heavy atom. The van der Waals surface area contributed by atoms with Gasteiger partial charge in [0, 0.05) is 42.2 Å². The molecule has 0 saturated heterocycles. The van der Waals surface area contributed by atoms with E-state index in [4.69, 9.17) is 14.2 Å². The fourth-order valence-electron chi connectivity index (χ4n) is 11.1. The number of methoxy groups -OCH3 is 2. The molecule has 10 heteroatoms. The number of nitrogens with one attached hydrogen (secondary N) is 1. The van der Waals surface area contributed by atoms with Crippen molar-refractivity contribution in [3.05, 3.63) is 100 Å². The lowest BCUT2D eigenvalue weighted by Gasteiger charge is -2.54. The molecule has 4 aromatic rings. The van der Waals surface area contributed by atoms with Gasteiger partial charge in [0.25, 0.3) is 0 Å². The average Bonchev–Trinajstić information content (AvgIpc) is 3.52. The molecule has 9 atom stereocenters. The molecule has 0 amide bonds. The Labute approximate surface area is 337 Å². The third-order valence-corrected chi connectivity index (χ3v) is 13.6. The largest absolute Gasteiger partial charge is 0.504 e. The lowest BCUT2D eigenvalue weighted by molar-refractivity contribution is -0.155. The standard InChI is InChI=1S/C48H49NO9/c1-56-42-18-25(11-16-39(42)52)17-40(53)44-22-28(51)21-36-34-24-43(57-2)41(54)23-37(34)47(31-14-12-26-19-35(31)46(36)30-15-13-27(50)20-33(26)30)48-32(8-4-6-10-45(55)58-44)29-7-3-5-9-38(29)49-48/h3,5,7,9,11-12,14,16,18,23-24,26-27,30,33,35-36,40,44,46,49-50,52-54H,8,10,13,15,17,19-22H2,1-2H3/t26-,27-,30-,33+,35-,36+,40+,44+,46+/m1/s1. The molecular formula is C48H49NO9. The summed E-state index contributed by atoms with van der Waals surface area (Å²) in [5.74, 6) is 6.47. The van der Waals surface area contributed by atoms with Crippen LogP contribution in [0.1, 0.15) is 78.8 Å². The predicted molar refractivity (Wildman–Crippen MR) is 217 cm³/mol. The molecule has 0 unspecified atom stereocenters. The summed E-state index contributed by atoms with van der Waals surface area (Å²) in [5, 5.41) is 45.4. The number of hydrogen-bond acceptors (Lipinski definition) is 9. The summed E-state index contributed by atoms with van der Waals surface area (Å²) in [6, 6.07) is 16.5. The van der Waals surface area contributed by atoms with E-state index in [-0.39, 0.29) is 90.3 Å². The van der Waals surface area contributed by atoms with Crippen LogP contribution in [0.2, 0.25) is 0 Å². The molecule has 10 nitrogen and oxygen atoms in total. The first-order valence-electron chi connectivity index (χ1n) is 20.4. The number of phenols is 2. The Kier molecular flexibility index (Phi) is 10.1. The smallest absolute Gasteiger partial charge is 0.318 e. The van der Waals surface area contributed by atoms with Crippen molar-refractivity contribution in [1.82, 2.24) is 4.98 Å². The van der Waals surface area contributed by atoms with Gasteiger partial charge in [-0.05, 0) is 119 Å². The molecule has 300 valence electrons. The maximum absolute atomic E-state index is 14.7. The minimum absolute atomic E-state index is 0.00144. The minimum Gasteiger partial charge on any atom is -0.504 e. The van der Waals surface area contributed by atoms with Gasteiger partial charge in [0.1, 0.15) is 18.3 Å². The van der Waals surface area contributed by atoms with Crippen molar-refractivity contribution in [2.24, 2.45) is 29.6 Å². The van der Waals surface area contributed by atoms with Crippen LogP contribution >= 0.6 is 0 Å². The first-order chi connectivity index (χ1) is 28.1. The Hall–Kier alpha value is -5.50. The van der Waals surface area contributed by atoms with Crippen molar-refractivity contribution in [3.8, 4) is 34.8 Å². The molecule has 3 aromatic carbocycles. The number of phenolic OH excluding ortho intramolecular Hbond substituents is 2. The summed E-state index contributed by atoms with van der Waals surface area (Å²) in [4.78, 5) is 31.9. The van der Waals surface area contributed by atoms with E-state index in [1.54, 1.807) is 18.2 Å². The molecule has 4 bridgehead atoms. The van der Waals surface area contributed by atoms with Gasteiger partial charge in [-0.3, -0.25) is 9.59 Å². The van der Waals surface area contributed by atoms with Gasteiger partial charge in [0.2, 0.25) is 0 Å². The van der Waals surface area contributed by atoms with E-state index in [0.29, 0.717) is 30.6 Å². The number of aromatic nitrogens is 1. The number of aliphatic hydroxyl groups is 2. The molecule has 5 aliphatic rings. The molecule has 2 heterocycles. The van der Waals surface area contributed by atoms with Crippen LogP contribution in [0.25, 0.3) is 16.5 Å². The molecule has 0 radical (unpaired) electrons. The topological polar surface area (TPSA) is 159 Å². The Morgan fingerprint density at radius 2 is 1.69 bits per heavy atom. The summed E-state index contributed by atoms with van der Waals surface area (Å²) in [6.07, 6.45) is 4.96. The Balaban J connectivity index is 1.23. The molecular weight excluding hydrogens is 735 g/mol. The highest BCUT2D eigenvalue weighted by atomic mass is 16.6. The Morgan fingerprint density at radius 3 is 2.52 bits per heavy atom. The number of H-pyrrole nitrogens is 1. The number of para-hydroxylation sites is 1. The number of aliphatic hydroxyl groups excluding tert-OH is 2. The lowest BCUT2D eigenvalue weighted by atomic mass is 9.51. The summed E-state index contributed by atoms with van der Waals surface area (Å²) >= 11 is 0. The van der Waals surface area contributed by atoms with Gasteiger partial charge in [-0.1, -0.05) is 48.3 Å². The number of rotatable bonds is 5. The number of Topliss-reactive ketones (excluding diaryl/α,β-unsaturated/α-hetero) is 1. The second-order valence-corrected chi connectivity index (χ2v) is 16.8. The summed E-state index contributed by atoms with van der Waals surface area (Å²) < 4.78 is 17.0. The number of ketones is 1. The Bertz CT molecular complexity index is 2410. The van der Waals surface area contributed by atoms with Gasteiger partial charge in [-0.25, -0.2) is 0 Å². The predicted octanol–water partition coefficient (Wildman–Crippen LogP) is 6.91. The number of aromatic amines is 1. The molecule has 1 aliphatic heterocycles. The third kappa shape index (κ3) is 6.74. The fourth-order valence-corrected chi connectivity index (χ4v) is 11.1. The van der Waals surface area contributed by atoms with Gasteiger partial charge in [-0.2, -0.15) is 0 Å². The van der Waals surface area contributed by atoms with E-state index in [1.807, 2.05) is 24.3 Å². The van der Waals surface area contributed by atoms with Gasteiger partial charge >= 0.3 is 5.97 Å². The van der Waals surface area contributed by atoms with Crippen molar-refractivity contribution in [3.63, 3.8) is 0 Å². The van der Waals surface area contributed by atoms with Crippen LogP contribution in [0.3, 0.4) is 0 Å². The zero-order valence-electron chi connectivity index (χ0n) is 32.7. The number of esters is 1. The number of carbonyl (C=O) groups excluding carboxylic acids is 2. The molecule has 1 aromatic heterocycles. The highest BCUT2D eigenvalue weighted by molar-refractivity contribution is 5.96. The zero-order valence-corrected chi connectivity index (χ0v) is 32.7. The number of cyclic esters (lactones) is 1. The average molecular weight is 784 g/mol. The fraction of sp³-hybridized carbons (Fsp3) is 0.417. The number of hydrogen-bond donors (Lipinski definition) is 5. The van der Waals surface area contributed by atoms with Gasteiger partial charge in [0.05, 0.1) is 32.1 Å². The molecule has 2 saturated carbocycles. The molecule has 5 N–H and O–H groups in total. The highest BCUT2D eigenvalue weighted by Gasteiger charge is 2.53. The summed E-state index contributed by atoms with van der Waals surface area (Å²) in [6.45, 7) is 0. The van der Waals surface area contributed by atoms with Crippen molar-refractivity contribution < 1.29 is 44.2 Å². The number of allylic oxidation sites excluding steroid dienone is 3. The van der Waals surface area contributed by atoms with Gasteiger partial charge in [0.15, 0.2) is 23.0 Å². The van der Waals surface area contributed by atoms with E-state index >= 15 is 0 Å². The summed E-state index contributed by atoms with van der Waals surface area (Å²) in [7, 11) is 2.97. The van der Waals surface area contributed by atoms with Crippen LogP contribution in [-0.4, -0.2) is 69.7 Å². The maximum atomic E-state index is 14.7. The normalized spacial score (nSPS) is 28.3. The van der Waals surface area contributed by atoms with Crippen molar-refractivity contribution in [2.75, 3.05) is 14.2 Å².